The lowest BCUT2D eigenvalue weighted by atomic mass is 10.1. The van der Waals surface area contributed by atoms with Crippen molar-refractivity contribution >= 4 is 45.8 Å². The zero-order valence-corrected chi connectivity index (χ0v) is 16.5. The SMILES string of the molecule is Cc1ccc(Cl)c(NC(=O)COc2ccc3c(C)cc(=O)oc3c2C)c1Cl. The number of ether oxygens (including phenoxy) is 1. The van der Waals surface area contributed by atoms with Crippen LogP contribution in [0.3, 0.4) is 0 Å². The smallest absolute Gasteiger partial charge is 0.336 e. The van der Waals surface area contributed by atoms with Gasteiger partial charge in [-0.3, -0.25) is 4.79 Å². The fraction of sp³-hybridized carbons (Fsp3) is 0.200. The van der Waals surface area contributed by atoms with E-state index < -0.39 is 11.5 Å². The molecule has 0 saturated carbocycles. The predicted octanol–water partition coefficient (Wildman–Crippen LogP) is 5.04. The van der Waals surface area contributed by atoms with Crippen molar-refractivity contribution in [3.63, 3.8) is 0 Å². The van der Waals surface area contributed by atoms with Crippen LogP contribution in [0, 0.1) is 20.8 Å². The molecule has 1 aromatic heterocycles. The number of benzene rings is 2. The van der Waals surface area contributed by atoms with Crippen molar-refractivity contribution in [2.24, 2.45) is 0 Å². The lowest BCUT2D eigenvalue weighted by Gasteiger charge is -2.13. The number of hydrogen-bond donors (Lipinski definition) is 1. The molecule has 0 radical (unpaired) electrons. The molecule has 1 amide bonds. The van der Waals surface area contributed by atoms with Gasteiger partial charge in [0.15, 0.2) is 6.61 Å². The van der Waals surface area contributed by atoms with Crippen LogP contribution in [0.4, 0.5) is 5.69 Å². The standard InChI is InChI=1S/C20H17Cl2NO4/c1-10-4-6-14(21)19(18(10)22)23-16(24)9-26-15-7-5-13-11(2)8-17(25)27-20(13)12(15)3/h4-8H,9H2,1-3H3,(H,23,24). The van der Waals surface area contributed by atoms with E-state index in [1.807, 2.05) is 13.8 Å². The van der Waals surface area contributed by atoms with Crippen molar-refractivity contribution in [1.29, 1.82) is 0 Å². The molecule has 1 N–H and O–H groups in total. The number of rotatable bonds is 4. The van der Waals surface area contributed by atoms with Gasteiger partial charge in [0.1, 0.15) is 11.3 Å². The molecule has 0 spiro atoms. The monoisotopic (exact) mass is 405 g/mol. The van der Waals surface area contributed by atoms with Crippen molar-refractivity contribution in [3.05, 3.63) is 67.5 Å². The number of nitrogens with one attached hydrogen (secondary N) is 1. The maximum Gasteiger partial charge on any atom is 0.336 e. The lowest BCUT2D eigenvalue weighted by Crippen LogP contribution is -2.21. The summed E-state index contributed by atoms with van der Waals surface area (Å²) in [6.45, 7) is 5.18. The second-order valence-corrected chi connectivity index (χ2v) is 6.99. The number of anilines is 1. The van der Waals surface area contributed by atoms with Gasteiger partial charge in [0.2, 0.25) is 0 Å². The summed E-state index contributed by atoms with van der Waals surface area (Å²) in [6, 6.07) is 8.40. The molecule has 0 aliphatic rings. The van der Waals surface area contributed by atoms with Crippen molar-refractivity contribution in [1.82, 2.24) is 0 Å². The van der Waals surface area contributed by atoms with Crippen LogP contribution in [0.5, 0.6) is 5.75 Å². The fourth-order valence-corrected chi connectivity index (χ4v) is 3.21. The second-order valence-electron chi connectivity index (χ2n) is 6.20. The lowest BCUT2D eigenvalue weighted by molar-refractivity contribution is -0.118. The van der Waals surface area contributed by atoms with E-state index in [1.54, 1.807) is 31.2 Å². The van der Waals surface area contributed by atoms with Crippen LogP contribution < -0.4 is 15.7 Å². The van der Waals surface area contributed by atoms with Crippen molar-refractivity contribution in [3.8, 4) is 5.75 Å². The molecule has 0 fully saturated rings. The Morgan fingerprint density at radius 3 is 2.59 bits per heavy atom. The van der Waals surface area contributed by atoms with Gasteiger partial charge in [0.05, 0.1) is 15.7 Å². The van der Waals surface area contributed by atoms with Crippen LogP contribution in [0.15, 0.2) is 39.5 Å². The van der Waals surface area contributed by atoms with Crippen molar-refractivity contribution in [2.75, 3.05) is 11.9 Å². The normalized spacial score (nSPS) is 10.9. The highest BCUT2D eigenvalue weighted by Crippen LogP contribution is 2.33. The van der Waals surface area contributed by atoms with Gasteiger partial charge < -0.3 is 14.5 Å². The van der Waals surface area contributed by atoms with Crippen LogP contribution in [-0.2, 0) is 4.79 Å². The van der Waals surface area contributed by atoms with Gasteiger partial charge >= 0.3 is 5.63 Å². The molecule has 0 unspecified atom stereocenters. The fourth-order valence-electron chi connectivity index (χ4n) is 2.75. The molecule has 1 heterocycles. The number of halogens is 2. The van der Waals surface area contributed by atoms with E-state index in [9.17, 15) is 9.59 Å². The third-order valence-corrected chi connectivity index (χ3v) is 5.03. The molecule has 7 heteroatoms. The Bertz CT molecular complexity index is 1110. The van der Waals surface area contributed by atoms with Gasteiger partial charge in [0.25, 0.3) is 5.91 Å². The molecule has 0 atom stereocenters. The number of amides is 1. The predicted molar refractivity (Wildman–Crippen MR) is 107 cm³/mol. The van der Waals surface area contributed by atoms with Gasteiger partial charge in [-0.15, -0.1) is 0 Å². The summed E-state index contributed by atoms with van der Waals surface area (Å²) in [4.78, 5) is 23.9. The third-order valence-electron chi connectivity index (χ3n) is 4.23. The van der Waals surface area contributed by atoms with E-state index in [0.717, 1.165) is 16.5 Å². The molecule has 3 rings (SSSR count). The molecule has 27 heavy (non-hydrogen) atoms. The first-order chi connectivity index (χ1) is 12.8. The maximum absolute atomic E-state index is 12.3. The Hall–Kier alpha value is -2.50. The van der Waals surface area contributed by atoms with E-state index in [-0.39, 0.29) is 6.61 Å². The molecule has 0 aliphatic carbocycles. The summed E-state index contributed by atoms with van der Waals surface area (Å²) >= 11 is 12.3. The quantitative estimate of drug-likeness (QED) is 0.617. The molecule has 2 aromatic carbocycles. The molecule has 0 bridgehead atoms. The summed E-state index contributed by atoms with van der Waals surface area (Å²) in [6.07, 6.45) is 0. The van der Waals surface area contributed by atoms with E-state index in [1.165, 1.54) is 6.07 Å². The number of fused-ring (bicyclic) bond motifs is 1. The van der Waals surface area contributed by atoms with Gasteiger partial charge in [0, 0.05) is 17.0 Å². The zero-order valence-electron chi connectivity index (χ0n) is 15.0. The van der Waals surface area contributed by atoms with Gasteiger partial charge in [-0.2, -0.15) is 0 Å². The summed E-state index contributed by atoms with van der Waals surface area (Å²) in [5.41, 5.74) is 2.63. The van der Waals surface area contributed by atoms with Crippen LogP contribution in [-0.4, -0.2) is 12.5 Å². The highest BCUT2D eigenvalue weighted by molar-refractivity contribution is 6.40. The Morgan fingerprint density at radius 2 is 1.85 bits per heavy atom. The van der Waals surface area contributed by atoms with E-state index in [2.05, 4.69) is 5.32 Å². The number of aryl methyl sites for hydroxylation is 3. The van der Waals surface area contributed by atoms with Gasteiger partial charge in [-0.05, 0) is 50.1 Å². The number of carbonyl (C=O) groups excluding carboxylic acids is 1. The third kappa shape index (κ3) is 3.94. The summed E-state index contributed by atoms with van der Waals surface area (Å²) in [5.74, 6) is 0.0439. The van der Waals surface area contributed by atoms with E-state index in [4.69, 9.17) is 32.4 Å². The minimum atomic E-state index is -0.429. The molecular formula is C20H17Cl2NO4. The molecule has 0 saturated heterocycles. The van der Waals surface area contributed by atoms with Crippen LogP contribution in [0.2, 0.25) is 10.0 Å². The number of carbonyl (C=O) groups is 1. The molecule has 3 aromatic rings. The molecule has 5 nitrogen and oxygen atoms in total. The molecular weight excluding hydrogens is 389 g/mol. The van der Waals surface area contributed by atoms with Gasteiger partial charge in [-0.1, -0.05) is 29.3 Å². The number of hydrogen-bond acceptors (Lipinski definition) is 4. The van der Waals surface area contributed by atoms with Crippen molar-refractivity contribution < 1.29 is 13.9 Å². The summed E-state index contributed by atoms with van der Waals surface area (Å²) in [5, 5.41) is 4.21. The average Bonchev–Trinajstić information content (AvgIpc) is 2.62. The Morgan fingerprint density at radius 1 is 1.11 bits per heavy atom. The van der Waals surface area contributed by atoms with Crippen LogP contribution in [0.1, 0.15) is 16.7 Å². The first kappa shape index (κ1) is 19.3. The Labute approximate surface area is 165 Å². The Balaban J connectivity index is 1.79. The Kier molecular flexibility index (Phi) is 5.44. The highest BCUT2D eigenvalue weighted by atomic mass is 35.5. The second kappa shape index (κ2) is 7.62. The van der Waals surface area contributed by atoms with Crippen molar-refractivity contribution in [2.45, 2.75) is 20.8 Å². The summed E-state index contributed by atoms with van der Waals surface area (Å²) < 4.78 is 10.9. The first-order valence-electron chi connectivity index (χ1n) is 8.19. The first-order valence-corrected chi connectivity index (χ1v) is 8.95. The van der Waals surface area contributed by atoms with Crippen LogP contribution in [0.25, 0.3) is 11.0 Å². The van der Waals surface area contributed by atoms with Gasteiger partial charge in [-0.25, -0.2) is 4.79 Å². The topological polar surface area (TPSA) is 68.5 Å². The largest absolute Gasteiger partial charge is 0.483 e. The summed E-state index contributed by atoms with van der Waals surface area (Å²) in [7, 11) is 0. The van der Waals surface area contributed by atoms with Crippen LogP contribution >= 0.6 is 23.2 Å². The molecule has 0 aliphatic heterocycles. The highest BCUT2D eigenvalue weighted by Gasteiger charge is 2.14. The van der Waals surface area contributed by atoms with E-state index >= 15 is 0 Å². The van der Waals surface area contributed by atoms with E-state index in [0.29, 0.717) is 32.6 Å². The minimum Gasteiger partial charge on any atom is -0.483 e. The zero-order chi connectivity index (χ0) is 19.7. The molecule has 140 valence electrons. The maximum atomic E-state index is 12.3. The average molecular weight is 406 g/mol. The minimum absolute atomic E-state index is 0.247.